The molecule has 4 heteroatoms. The Kier molecular flexibility index (Phi) is 4.48. The van der Waals surface area contributed by atoms with Crippen LogP contribution < -0.4 is 0 Å². The van der Waals surface area contributed by atoms with E-state index in [4.69, 9.17) is 11.6 Å². The summed E-state index contributed by atoms with van der Waals surface area (Å²) in [5.41, 5.74) is 0.841. The van der Waals surface area contributed by atoms with E-state index in [0.29, 0.717) is 0 Å². The van der Waals surface area contributed by atoms with Crippen molar-refractivity contribution in [2.45, 2.75) is 10.3 Å². The largest absolute Gasteiger partial charge is 0.347 e. The summed E-state index contributed by atoms with van der Waals surface area (Å²) < 4.78 is 0. The first-order valence-electron chi connectivity index (χ1n) is 4.55. The summed E-state index contributed by atoms with van der Waals surface area (Å²) in [6, 6.07) is 7.73. The number of carbonyl (C=O) groups excluding carboxylic acids is 1. The summed E-state index contributed by atoms with van der Waals surface area (Å²) in [6.45, 7) is 0. The SMILES string of the molecule is CSc1ccc(C(Cl)C(=O)N(C)C)cc1. The molecule has 0 radical (unpaired) electrons. The van der Waals surface area contributed by atoms with Gasteiger partial charge in [-0.1, -0.05) is 12.1 Å². The van der Waals surface area contributed by atoms with Crippen LogP contribution in [0.15, 0.2) is 29.2 Å². The second kappa shape index (κ2) is 5.42. The van der Waals surface area contributed by atoms with Crippen molar-refractivity contribution in [1.29, 1.82) is 0 Å². The predicted molar refractivity (Wildman–Crippen MR) is 65.5 cm³/mol. The third-order valence-electron chi connectivity index (χ3n) is 2.07. The van der Waals surface area contributed by atoms with Gasteiger partial charge in [-0.25, -0.2) is 0 Å². The van der Waals surface area contributed by atoms with E-state index in [1.165, 1.54) is 9.80 Å². The zero-order valence-corrected chi connectivity index (χ0v) is 10.6. The zero-order valence-electron chi connectivity index (χ0n) is 9.03. The van der Waals surface area contributed by atoms with Crippen LogP contribution in [0, 0.1) is 0 Å². The molecular formula is C11H14ClNOS. The van der Waals surface area contributed by atoms with Crippen molar-refractivity contribution in [3.63, 3.8) is 0 Å². The maximum absolute atomic E-state index is 11.6. The topological polar surface area (TPSA) is 20.3 Å². The maximum Gasteiger partial charge on any atom is 0.244 e. The van der Waals surface area contributed by atoms with E-state index in [9.17, 15) is 4.79 Å². The molecule has 1 rings (SSSR count). The molecule has 15 heavy (non-hydrogen) atoms. The molecule has 82 valence electrons. The third-order valence-corrected chi connectivity index (χ3v) is 3.25. The van der Waals surface area contributed by atoms with Crippen molar-refractivity contribution in [3.05, 3.63) is 29.8 Å². The Morgan fingerprint density at radius 1 is 1.33 bits per heavy atom. The van der Waals surface area contributed by atoms with E-state index in [1.54, 1.807) is 25.9 Å². The molecule has 1 aromatic carbocycles. The highest BCUT2D eigenvalue weighted by atomic mass is 35.5. The molecule has 0 aliphatic carbocycles. The number of hydrogen-bond donors (Lipinski definition) is 0. The van der Waals surface area contributed by atoms with Gasteiger partial charge < -0.3 is 4.90 Å². The number of benzene rings is 1. The Morgan fingerprint density at radius 3 is 2.27 bits per heavy atom. The highest BCUT2D eigenvalue weighted by Gasteiger charge is 2.18. The van der Waals surface area contributed by atoms with Crippen molar-refractivity contribution in [1.82, 2.24) is 4.90 Å². The lowest BCUT2D eigenvalue weighted by Crippen LogP contribution is -2.25. The quantitative estimate of drug-likeness (QED) is 0.601. The first-order valence-corrected chi connectivity index (χ1v) is 6.21. The molecule has 0 saturated heterocycles. The van der Waals surface area contributed by atoms with Gasteiger partial charge in [0.1, 0.15) is 5.38 Å². The van der Waals surface area contributed by atoms with Crippen LogP contribution in [-0.2, 0) is 4.79 Å². The van der Waals surface area contributed by atoms with Gasteiger partial charge in [0.15, 0.2) is 0 Å². The average Bonchev–Trinajstić information content (AvgIpc) is 2.27. The Morgan fingerprint density at radius 2 is 1.87 bits per heavy atom. The van der Waals surface area contributed by atoms with Gasteiger partial charge in [0, 0.05) is 19.0 Å². The third kappa shape index (κ3) is 3.14. The van der Waals surface area contributed by atoms with E-state index in [1.807, 2.05) is 30.5 Å². The van der Waals surface area contributed by atoms with E-state index in [2.05, 4.69) is 0 Å². The molecule has 2 nitrogen and oxygen atoms in total. The fourth-order valence-electron chi connectivity index (χ4n) is 1.14. The second-order valence-electron chi connectivity index (χ2n) is 3.37. The summed E-state index contributed by atoms with van der Waals surface area (Å²) >= 11 is 7.71. The van der Waals surface area contributed by atoms with Crippen molar-refractivity contribution >= 4 is 29.3 Å². The van der Waals surface area contributed by atoms with E-state index in [0.717, 1.165) is 5.56 Å². The average molecular weight is 244 g/mol. The van der Waals surface area contributed by atoms with E-state index in [-0.39, 0.29) is 5.91 Å². The molecule has 0 aliphatic rings. The lowest BCUT2D eigenvalue weighted by molar-refractivity contribution is -0.128. The van der Waals surface area contributed by atoms with Gasteiger partial charge in [0.05, 0.1) is 0 Å². The minimum atomic E-state index is -0.587. The Labute approximate surface area is 99.6 Å². The number of rotatable bonds is 3. The molecule has 0 heterocycles. The molecule has 0 aromatic heterocycles. The van der Waals surface area contributed by atoms with Crippen molar-refractivity contribution < 1.29 is 4.79 Å². The highest BCUT2D eigenvalue weighted by Crippen LogP contribution is 2.24. The normalized spacial score (nSPS) is 12.3. The highest BCUT2D eigenvalue weighted by molar-refractivity contribution is 7.98. The molecule has 0 spiro atoms. The molecule has 1 aromatic rings. The van der Waals surface area contributed by atoms with Crippen LogP contribution in [0.3, 0.4) is 0 Å². The van der Waals surface area contributed by atoms with Gasteiger partial charge in [0.25, 0.3) is 0 Å². The fourth-order valence-corrected chi connectivity index (χ4v) is 1.89. The lowest BCUT2D eigenvalue weighted by atomic mass is 10.1. The fraction of sp³-hybridized carbons (Fsp3) is 0.364. The minimum Gasteiger partial charge on any atom is -0.347 e. The molecule has 1 amide bonds. The number of hydrogen-bond acceptors (Lipinski definition) is 2. The molecule has 1 atom stereocenters. The smallest absolute Gasteiger partial charge is 0.244 e. The Bertz CT molecular complexity index is 337. The van der Waals surface area contributed by atoms with E-state index < -0.39 is 5.38 Å². The Balaban J connectivity index is 2.82. The molecule has 0 fully saturated rings. The van der Waals surface area contributed by atoms with Crippen molar-refractivity contribution in [2.24, 2.45) is 0 Å². The van der Waals surface area contributed by atoms with Crippen molar-refractivity contribution in [2.75, 3.05) is 20.4 Å². The number of likely N-dealkylation sites (N-methyl/N-ethyl adjacent to an activating group) is 1. The monoisotopic (exact) mass is 243 g/mol. The number of carbonyl (C=O) groups is 1. The molecule has 1 unspecified atom stereocenters. The summed E-state index contributed by atoms with van der Waals surface area (Å²) in [5.74, 6) is -0.0893. The van der Waals surface area contributed by atoms with Gasteiger partial charge in [-0.2, -0.15) is 0 Å². The molecule has 0 saturated carbocycles. The standard InChI is InChI=1S/C11H14ClNOS/c1-13(2)11(14)10(12)8-4-6-9(15-3)7-5-8/h4-7,10H,1-3H3. The summed E-state index contributed by atoms with van der Waals surface area (Å²) in [5, 5.41) is -0.587. The number of alkyl halides is 1. The minimum absolute atomic E-state index is 0.0893. The number of amides is 1. The summed E-state index contributed by atoms with van der Waals surface area (Å²) in [6.07, 6.45) is 2.01. The van der Waals surface area contributed by atoms with Crippen LogP contribution >= 0.6 is 23.4 Å². The van der Waals surface area contributed by atoms with Crippen LogP contribution in [0.25, 0.3) is 0 Å². The van der Waals surface area contributed by atoms with Gasteiger partial charge >= 0.3 is 0 Å². The number of nitrogens with zero attached hydrogens (tertiary/aromatic N) is 1. The number of thioether (sulfide) groups is 1. The van der Waals surface area contributed by atoms with Crippen molar-refractivity contribution in [3.8, 4) is 0 Å². The first kappa shape index (κ1) is 12.4. The molecule has 0 bridgehead atoms. The predicted octanol–water partition coefficient (Wildman–Crippen LogP) is 2.78. The van der Waals surface area contributed by atoms with Crippen LogP contribution in [0.1, 0.15) is 10.9 Å². The maximum atomic E-state index is 11.6. The number of halogens is 1. The van der Waals surface area contributed by atoms with Crippen LogP contribution in [0.5, 0.6) is 0 Å². The van der Waals surface area contributed by atoms with Crippen LogP contribution in [-0.4, -0.2) is 31.2 Å². The second-order valence-corrected chi connectivity index (χ2v) is 4.68. The molecule has 0 N–H and O–H groups in total. The summed E-state index contributed by atoms with van der Waals surface area (Å²) in [7, 11) is 3.40. The van der Waals surface area contributed by atoms with Gasteiger partial charge in [0.2, 0.25) is 5.91 Å². The van der Waals surface area contributed by atoms with Crippen LogP contribution in [0.2, 0.25) is 0 Å². The lowest BCUT2D eigenvalue weighted by Gasteiger charge is -2.15. The van der Waals surface area contributed by atoms with Gasteiger partial charge in [-0.3, -0.25) is 4.79 Å². The van der Waals surface area contributed by atoms with Gasteiger partial charge in [-0.05, 0) is 24.0 Å². The Hall–Kier alpha value is -0.670. The molecule has 0 aliphatic heterocycles. The van der Waals surface area contributed by atoms with Gasteiger partial charge in [-0.15, -0.1) is 23.4 Å². The van der Waals surface area contributed by atoms with E-state index >= 15 is 0 Å². The zero-order chi connectivity index (χ0) is 11.4. The van der Waals surface area contributed by atoms with Crippen LogP contribution in [0.4, 0.5) is 0 Å². The summed E-state index contributed by atoms with van der Waals surface area (Å²) in [4.78, 5) is 14.3. The first-order chi connectivity index (χ1) is 7.06. The molecular weight excluding hydrogens is 230 g/mol.